The number of allylic oxidation sites excluding steroid dienone is 5. The van der Waals surface area contributed by atoms with Gasteiger partial charge < -0.3 is 10.2 Å². The van der Waals surface area contributed by atoms with E-state index in [2.05, 4.69) is 39.5 Å². The summed E-state index contributed by atoms with van der Waals surface area (Å²) in [6.07, 6.45) is 16.1. The molecule has 2 N–H and O–H groups in total. The standard InChI is InChI=1S/C28H46O2.C2H6/c1-19-9-10-20(2)23(18-19)13-12-22-8-7-17-28(6)24(14-15-25(22)28)21(3)11-16-26(29)27(4,5)30;1-2/h12-13,19,21,24-26,29-30H,2,7-11,14-18H2,1,3-6H3;1-2H3/b22-12+,23-13+;/t19-,21+,24?,25?,26?,28+;/m0./s1. The number of aliphatic hydroxyl groups excluding tert-OH is 1. The van der Waals surface area contributed by atoms with Crippen molar-refractivity contribution < 1.29 is 10.2 Å². The van der Waals surface area contributed by atoms with Crippen LogP contribution in [0.3, 0.4) is 0 Å². The zero-order chi connectivity index (χ0) is 24.1. The maximum atomic E-state index is 10.3. The summed E-state index contributed by atoms with van der Waals surface area (Å²) >= 11 is 0. The summed E-state index contributed by atoms with van der Waals surface area (Å²) in [4.78, 5) is 0. The quantitative estimate of drug-likeness (QED) is 0.435. The zero-order valence-electron chi connectivity index (χ0n) is 22.2. The Kier molecular flexibility index (Phi) is 9.86. The van der Waals surface area contributed by atoms with Crippen molar-refractivity contribution in [2.45, 2.75) is 124 Å². The molecule has 3 aliphatic carbocycles. The van der Waals surface area contributed by atoms with Gasteiger partial charge in [-0.15, -0.1) is 0 Å². The average molecular weight is 445 g/mol. The molecule has 2 heteroatoms. The Hall–Kier alpha value is -0.860. The van der Waals surface area contributed by atoms with Crippen molar-refractivity contribution in [1.82, 2.24) is 0 Å². The lowest BCUT2D eigenvalue weighted by atomic mass is 9.60. The largest absolute Gasteiger partial charge is 0.390 e. The summed E-state index contributed by atoms with van der Waals surface area (Å²) in [6, 6.07) is 0. The molecule has 0 amide bonds. The summed E-state index contributed by atoms with van der Waals surface area (Å²) < 4.78 is 0. The molecular formula is C30H52O2. The Bertz CT molecular complexity index is 679. The Morgan fingerprint density at radius 3 is 2.47 bits per heavy atom. The SMILES string of the molecule is C=C1CC[C@H](C)C/C1=C\C=C1/CCC[C@@]2(C)C1CCC2[C@H](C)CCC(O)C(C)(C)O.CC. The molecule has 0 aromatic carbocycles. The van der Waals surface area contributed by atoms with Crippen LogP contribution in [-0.2, 0) is 0 Å². The second-order valence-corrected chi connectivity index (χ2v) is 11.7. The molecule has 3 unspecified atom stereocenters. The highest BCUT2D eigenvalue weighted by Gasteiger charge is 2.50. The molecule has 6 atom stereocenters. The van der Waals surface area contributed by atoms with Crippen LogP contribution in [0.15, 0.2) is 35.5 Å². The van der Waals surface area contributed by atoms with Gasteiger partial charge in [0.15, 0.2) is 0 Å². The van der Waals surface area contributed by atoms with Gasteiger partial charge in [0.1, 0.15) is 0 Å². The second-order valence-electron chi connectivity index (χ2n) is 11.7. The van der Waals surface area contributed by atoms with E-state index in [9.17, 15) is 10.2 Å². The van der Waals surface area contributed by atoms with Crippen LogP contribution in [0.2, 0.25) is 0 Å². The molecule has 0 aromatic rings. The highest BCUT2D eigenvalue weighted by molar-refractivity contribution is 5.36. The highest BCUT2D eigenvalue weighted by atomic mass is 16.3. The summed E-state index contributed by atoms with van der Waals surface area (Å²) in [5, 5.41) is 20.3. The fraction of sp³-hybridized carbons (Fsp3) is 0.800. The first kappa shape index (κ1) is 27.4. The summed E-state index contributed by atoms with van der Waals surface area (Å²) in [5.41, 5.74) is 3.90. The predicted molar refractivity (Wildman–Crippen MR) is 139 cm³/mol. The van der Waals surface area contributed by atoms with Gasteiger partial charge in [0.25, 0.3) is 0 Å². The monoisotopic (exact) mass is 444 g/mol. The number of fused-ring (bicyclic) bond motifs is 1. The van der Waals surface area contributed by atoms with Gasteiger partial charge in [-0.05, 0) is 113 Å². The highest BCUT2D eigenvalue weighted by Crippen LogP contribution is 2.60. The van der Waals surface area contributed by atoms with Gasteiger partial charge in [0.05, 0.1) is 11.7 Å². The molecule has 2 nitrogen and oxygen atoms in total. The molecule has 0 aromatic heterocycles. The fourth-order valence-electron chi connectivity index (χ4n) is 6.79. The van der Waals surface area contributed by atoms with E-state index in [-0.39, 0.29) is 0 Å². The normalized spacial score (nSPS) is 35.3. The average Bonchev–Trinajstić information content (AvgIpc) is 3.10. The van der Waals surface area contributed by atoms with Crippen LogP contribution >= 0.6 is 0 Å². The number of rotatable bonds is 6. The Morgan fingerprint density at radius 2 is 1.81 bits per heavy atom. The molecule has 3 saturated carbocycles. The summed E-state index contributed by atoms with van der Waals surface area (Å²) in [6.45, 7) is 19.0. The molecule has 0 saturated heterocycles. The Labute approximate surface area is 199 Å². The van der Waals surface area contributed by atoms with E-state index in [4.69, 9.17) is 0 Å². The van der Waals surface area contributed by atoms with Crippen molar-refractivity contribution in [3.8, 4) is 0 Å². The lowest BCUT2D eigenvalue weighted by Gasteiger charge is -2.44. The Morgan fingerprint density at radius 1 is 1.12 bits per heavy atom. The van der Waals surface area contributed by atoms with E-state index in [1.165, 1.54) is 56.1 Å². The molecular weight excluding hydrogens is 392 g/mol. The van der Waals surface area contributed by atoms with Gasteiger partial charge in [-0.25, -0.2) is 0 Å². The number of hydrogen-bond acceptors (Lipinski definition) is 2. The summed E-state index contributed by atoms with van der Waals surface area (Å²) in [7, 11) is 0. The lowest BCUT2D eigenvalue weighted by molar-refractivity contribution is -0.0554. The van der Waals surface area contributed by atoms with E-state index in [0.717, 1.165) is 24.7 Å². The van der Waals surface area contributed by atoms with Gasteiger partial charge in [0, 0.05) is 0 Å². The minimum Gasteiger partial charge on any atom is -0.390 e. The van der Waals surface area contributed by atoms with Gasteiger partial charge in [-0.3, -0.25) is 0 Å². The molecule has 0 bridgehead atoms. The van der Waals surface area contributed by atoms with Crippen molar-refractivity contribution >= 4 is 0 Å². The minimum atomic E-state index is -1.00. The van der Waals surface area contributed by atoms with Crippen molar-refractivity contribution in [1.29, 1.82) is 0 Å². The van der Waals surface area contributed by atoms with Crippen LogP contribution < -0.4 is 0 Å². The molecule has 32 heavy (non-hydrogen) atoms. The van der Waals surface area contributed by atoms with Crippen LogP contribution in [0.4, 0.5) is 0 Å². The first-order chi connectivity index (χ1) is 15.0. The zero-order valence-corrected chi connectivity index (χ0v) is 22.2. The van der Waals surface area contributed by atoms with Crippen LogP contribution in [0.25, 0.3) is 0 Å². The minimum absolute atomic E-state index is 0.387. The van der Waals surface area contributed by atoms with Gasteiger partial charge in [-0.1, -0.05) is 64.5 Å². The van der Waals surface area contributed by atoms with Crippen molar-refractivity contribution in [3.05, 3.63) is 35.5 Å². The Balaban J connectivity index is 0.00000176. The smallest absolute Gasteiger partial charge is 0.0849 e. The van der Waals surface area contributed by atoms with Gasteiger partial charge in [-0.2, -0.15) is 0 Å². The first-order valence-electron chi connectivity index (χ1n) is 13.5. The molecule has 0 heterocycles. The van der Waals surface area contributed by atoms with Gasteiger partial charge in [0.2, 0.25) is 0 Å². The molecule has 0 aliphatic heterocycles. The van der Waals surface area contributed by atoms with E-state index in [1.54, 1.807) is 19.4 Å². The van der Waals surface area contributed by atoms with Gasteiger partial charge >= 0.3 is 0 Å². The number of aliphatic hydroxyl groups is 2. The van der Waals surface area contributed by atoms with Crippen LogP contribution in [0, 0.1) is 29.1 Å². The lowest BCUT2D eigenvalue weighted by Crippen LogP contribution is -2.38. The van der Waals surface area contributed by atoms with Crippen molar-refractivity contribution in [2.75, 3.05) is 0 Å². The third-order valence-corrected chi connectivity index (χ3v) is 8.90. The number of hydrogen-bond donors (Lipinski definition) is 2. The second kappa shape index (κ2) is 11.5. The third-order valence-electron chi connectivity index (χ3n) is 8.90. The first-order valence-corrected chi connectivity index (χ1v) is 13.5. The predicted octanol–water partition coefficient (Wildman–Crippen LogP) is 8.01. The van der Waals surface area contributed by atoms with Crippen LogP contribution in [0.1, 0.15) is 113 Å². The maximum absolute atomic E-state index is 10.3. The molecule has 0 radical (unpaired) electrons. The molecule has 0 spiro atoms. The van der Waals surface area contributed by atoms with Crippen molar-refractivity contribution in [3.63, 3.8) is 0 Å². The maximum Gasteiger partial charge on any atom is 0.0849 e. The molecule has 3 rings (SSSR count). The van der Waals surface area contributed by atoms with E-state index >= 15 is 0 Å². The fourth-order valence-corrected chi connectivity index (χ4v) is 6.79. The van der Waals surface area contributed by atoms with E-state index < -0.39 is 11.7 Å². The molecule has 184 valence electrons. The molecule has 3 aliphatic rings. The van der Waals surface area contributed by atoms with E-state index in [1.807, 2.05) is 13.8 Å². The topological polar surface area (TPSA) is 40.5 Å². The summed E-state index contributed by atoms with van der Waals surface area (Å²) in [5.74, 6) is 2.81. The van der Waals surface area contributed by atoms with E-state index in [0.29, 0.717) is 23.7 Å². The third kappa shape index (κ3) is 6.38. The molecule has 3 fully saturated rings. The van der Waals surface area contributed by atoms with Crippen LogP contribution in [-0.4, -0.2) is 21.9 Å². The van der Waals surface area contributed by atoms with Crippen LogP contribution in [0.5, 0.6) is 0 Å². The van der Waals surface area contributed by atoms with Crippen molar-refractivity contribution in [2.24, 2.45) is 29.1 Å².